The SMILES string of the molecule is COCCn1cc(NCC2(CO)CCCCC2)cn1. The van der Waals surface area contributed by atoms with E-state index in [1.54, 1.807) is 7.11 Å². The molecule has 1 heterocycles. The molecule has 19 heavy (non-hydrogen) atoms. The van der Waals surface area contributed by atoms with Gasteiger partial charge >= 0.3 is 0 Å². The van der Waals surface area contributed by atoms with Crippen LogP contribution in [0.2, 0.25) is 0 Å². The van der Waals surface area contributed by atoms with Crippen molar-refractivity contribution in [3.8, 4) is 0 Å². The van der Waals surface area contributed by atoms with Crippen LogP contribution >= 0.6 is 0 Å². The predicted octanol–water partition coefficient (Wildman–Crippen LogP) is 1.88. The highest BCUT2D eigenvalue weighted by molar-refractivity contribution is 5.38. The molecule has 0 saturated heterocycles. The number of nitrogens with zero attached hydrogens (tertiary/aromatic N) is 2. The van der Waals surface area contributed by atoms with Gasteiger partial charge in [-0.3, -0.25) is 4.68 Å². The maximum atomic E-state index is 9.66. The van der Waals surface area contributed by atoms with E-state index < -0.39 is 0 Å². The third kappa shape index (κ3) is 3.94. The number of ether oxygens (including phenoxy) is 1. The third-order valence-corrected chi connectivity index (χ3v) is 4.07. The van der Waals surface area contributed by atoms with Crippen LogP contribution < -0.4 is 5.32 Å². The van der Waals surface area contributed by atoms with Crippen molar-refractivity contribution in [2.75, 3.05) is 32.2 Å². The number of anilines is 1. The summed E-state index contributed by atoms with van der Waals surface area (Å²) in [5, 5.41) is 17.4. The van der Waals surface area contributed by atoms with Gasteiger partial charge in [0.15, 0.2) is 0 Å². The smallest absolute Gasteiger partial charge is 0.0726 e. The van der Waals surface area contributed by atoms with E-state index in [1.807, 2.05) is 17.1 Å². The molecular weight excluding hydrogens is 242 g/mol. The van der Waals surface area contributed by atoms with Gasteiger partial charge in [-0.1, -0.05) is 19.3 Å². The molecule has 0 bridgehead atoms. The fourth-order valence-corrected chi connectivity index (χ4v) is 2.74. The second-order valence-electron chi connectivity index (χ2n) is 5.56. The van der Waals surface area contributed by atoms with Gasteiger partial charge in [-0.15, -0.1) is 0 Å². The van der Waals surface area contributed by atoms with Crippen molar-refractivity contribution >= 4 is 5.69 Å². The highest BCUT2D eigenvalue weighted by atomic mass is 16.5. The molecule has 1 aromatic heterocycles. The van der Waals surface area contributed by atoms with Crippen molar-refractivity contribution < 1.29 is 9.84 Å². The molecule has 0 atom stereocenters. The highest BCUT2D eigenvalue weighted by Crippen LogP contribution is 2.35. The lowest BCUT2D eigenvalue weighted by Crippen LogP contribution is -2.35. The molecule has 0 unspecified atom stereocenters. The molecule has 0 aliphatic heterocycles. The molecule has 1 fully saturated rings. The second-order valence-corrected chi connectivity index (χ2v) is 5.56. The number of hydrogen-bond acceptors (Lipinski definition) is 4. The van der Waals surface area contributed by atoms with Crippen molar-refractivity contribution in [1.29, 1.82) is 0 Å². The van der Waals surface area contributed by atoms with Crippen LogP contribution in [-0.2, 0) is 11.3 Å². The average Bonchev–Trinajstić information content (AvgIpc) is 2.92. The van der Waals surface area contributed by atoms with E-state index in [2.05, 4.69) is 10.4 Å². The third-order valence-electron chi connectivity index (χ3n) is 4.07. The highest BCUT2D eigenvalue weighted by Gasteiger charge is 2.31. The van der Waals surface area contributed by atoms with E-state index in [4.69, 9.17) is 4.74 Å². The monoisotopic (exact) mass is 267 g/mol. The Morgan fingerprint density at radius 2 is 2.21 bits per heavy atom. The van der Waals surface area contributed by atoms with Crippen LogP contribution in [0, 0.1) is 5.41 Å². The van der Waals surface area contributed by atoms with E-state index in [-0.39, 0.29) is 12.0 Å². The molecule has 1 aromatic rings. The van der Waals surface area contributed by atoms with Gasteiger partial charge in [-0.05, 0) is 12.8 Å². The van der Waals surface area contributed by atoms with Gasteiger partial charge in [-0.2, -0.15) is 5.10 Å². The quantitative estimate of drug-likeness (QED) is 0.792. The van der Waals surface area contributed by atoms with Gasteiger partial charge in [0, 0.05) is 25.3 Å². The fourth-order valence-electron chi connectivity index (χ4n) is 2.74. The lowest BCUT2D eigenvalue weighted by atomic mass is 9.74. The van der Waals surface area contributed by atoms with E-state index in [0.29, 0.717) is 6.61 Å². The summed E-state index contributed by atoms with van der Waals surface area (Å²) in [6.45, 7) is 2.54. The van der Waals surface area contributed by atoms with Gasteiger partial charge in [0.1, 0.15) is 0 Å². The van der Waals surface area contributed by atoms with Crippen molar-refractivity contribution in [1.82, 2.24) is 9.78 Å². The number of nitrogens with one attached hydrogen (secondary N) is 1. The number of aliphatic hydroxyl groups is 1. The number of rotatable bonds is 7. The Morgan fingerprint density at radius 3 is 2.89 bits per heavy atom. The van der Waals surface area contributed by atoms with Gasteiger partial charge < -0.3 is 15.2 Å². The van der Waals surface area contributed by atoms with Gasteiger partial charge in [0.2, 0.25) is 0 Å². The normalized spacial score (nSPS) is 18.4. The topological polar surface area (TPSA) is 59.3 Å². The van der Waals surface area contributed by atoms with Gasteiger partial charge in [0.05, 0.1) is 31.6 Å². The minimum Gasteiger partial charge on any atom is -0.396 e. The van der Waals surface area contributed by atoms with Crippen LogP contribution in [0.3, 0.4) is 0 Å². The molecule has 0 aromatic carbocycles. The Hall–Kier alpha value is -1.07. The lowest BCUT2D eigenvalue weighted by molar-refractivity contribution is 0.0944. The van der Waals surface area contributed by atoms with Crippen LogP contribution in [0.25, 0.3) is 0 Å². The van der Waals surface area contributed by atoms with E-state index in [9.17, 15) is 5.11 Å². The molecule has 2 rings (SSSR count). The molecule has 2 N–H and O–H groups in total. The Morgan fingerprint density at radius 1 is 1.42 bits per heavy atom. The van der Waals surface area contributed by atoms with Crippen LogP contribution in [-0.4, -0.2) is 41.8 Å². The summed E-state index contributed by atoms with van der Waals surface area (Å²) in [7, 11) is 1.69. The summed E-state index contributed by atoms with van der Waals surface area (Å²) < 4.78 is 6.90. The average molecular weight is 267 g/mol. The lowest BCUT2D eigenvalue weighted by Gasteiger charge is -2.35. The first kappa shape index (κ1) is 14.3. The summed E-state index contributed by atoms with van der Waals surface area (Å²) in [5.74, 6) is 0. The maximum absolute atomic E-state index is 9.66. The van der Waals surface area contributed by atoms with Gasteiger partial charge in [0.25, 0.3) is 0 Å². The molecule has 5 heteroatoms. The minimum atomic E-state index is 0.0624. The van der Waals surface area contributed by atoms with Crippen LogP contribution in [0.5, 0.6) is 0 Å². The van der Waals surface area contributed by atoms with Crippen LogP contribution in [0.1, 0.15) is 32.1 Å². The summed E-state index contributed by atoms with van der Waals surface area (Å²) >= 11 is 0. The van der Waals surface area contributed by atoms with Gasteiger partial charge in [-0.25, -0.2) is 0 Å². The molecule has 1 aliphatic rings. The Bertz CT molecular complexity index is 373. The second kappa shape index (κ2) is 6.91. The Kier molecular flexibility index (Phi) is 5.22. The molecule has 1 aliphatic carbocycles. The zero-order valence-electron chi connectivity index (χ0n) is 11.8. The van der Waals surface area contributed by atoms with E-state index in [0.717, 1.165) is 31.6 Å². The molecule has 1 saturated carbocycles. The fraction of sp³-hybridized carbons (Fsp3) is 0.786. The number of aliphatic hydroxyl groups excluding tert-OH is 1. The molecule has 5 nitrogen and oxygen atoms in total. The summed E-state index contributed by atoms with van der Waals surface area (Å²) in [5.41, 5.74) is 1.09. The molecule has 0 amide bonds. The summed E-state index contributed by atoms with van der Waals surface area (Å²) in [4.78, 5) is 0. The summed E-state index contributed by atoms with van der Waals surface area (Å²) in [6, 6.07) is 0. The van der Waals surface area contributed by atoms with E-state index >= 15 is 0 Å². The van der Waals surface area contributed by atoms with Crippen LogP contribution in [0.15, 0.2) is 12.4 Å². The number of aromatic nitrogens is 2. The van der Waals surface area contributed by atoms with Crippen molar-refractivity contribution in [3.63, 3.8) is 0 Å². The Labute approximate surface area is 115 Å². The van der Waals surface area contributed by atoms with Crippen molar-refractivity contribution in [3.05, 3.63) is 12.4 Å². The first-order chi connectivity index (χ1) is 9.28. The molecular formula is C14H25N3O2. The molecule has 0 spiro atoms. The largest absolute Gasteiger partial charge is 0.396 e. The number of hydrogen-bond donors (Lipinski definition) is 2. The number of methoxy groups -OCH3 is 1. The summed E-state index contributed by atoms with van der Waals surface area (Å²) in [6.07, 6.45) is 9.83. The van der Waals surface area contributed by atoms with Crippen LogP contribution in [0.4, 0.5) is 5.69 Å². The Balaban J connectivity index is 1.84. The first-order valence-corrected chi connectivity index (χ1v) is 7.14. The first-order valence-electron chi connectivity index (χ1n) is 7.14. The molecule has 108 valence electrons. The van der Waals surface area contributed by atoms with Crippen molar-refractivity contribution in [2.24, 2.45) is 5.41 Å². The van der Waals surface area contributed by atoms with E-state index in [1.165, 1.54) is 19.3 Å². The standard InChI is InChI=1S/C14H25N3O2/c1-19-8-7-17-10-13(9-16-17)15-11-14(12-18)5-3-2-4-6-14/h9-10,15,18H,2-8,11-12H2,1H3. The van der Waals surface area contributed by atoms with Crippen molar-refractivity contribution in [2.45, 2.75) is 38.6 Å². The zero-order valence-corrected chi connectivity index (χ0v) is 11.8. The predicted molar refractivity (Wildman–Crippen MR) is 75.2 cm³/mol. The zero-order chi connectivity index (χ0) is 13.6. The minimum absolute atomic E-state index is 0.0624. The maximum Gasteiger partial charge on any atom is 0.0726 e. The molecule has 0 radical (unpaired) electrons.